The van der Waals surface area contributed by atoms with Crippen LogP contribution in [0.3, 0.4) is 0 Å². The lowest BCUT2D eigenvalue weighted by Crippen LogP contribution is -2.35. The fraction of sp³-hybridized carbons (Fsp3) is 0.385. The Kier molecular flexibility index (Phi) is 6.42. The van der Waals surface area contributed by atoms with Gasteiger partial charge in [-0.2, -0.15) is 0 Å². The molecule has 21 heavy (non-hydrogen) atoms. The second kappa shape index (κ2) is 7.61. The van der Waals surface area contributed by atoms with Gasteiger partial charge in [0.1, 0.15) is 0 Å². The van der Waals surface area contributed by atoms with E-state index in [2.05, 4.69) is 15.4 Å². The number of hydrogen-bond donors (Lipinski definition) is 3. The SMILES string of the molecule is COC(=O)c1ccc(NC(=O)C2CC(O)CN2)cc1Cl.Cl. The largest absolute Gasteiger partial charge is 0.465 e. The van der Waals surface area contributed by atoms with Gasteiger partial charge in [-0.25, -0.2) is 4.79 Å². The topological polar surface area (TPSA) is 87.7 Å². The maximum absolute atomic E-state index is 11.9. The van der Waals surface area contributed by atoms with Crippen molar-refractivity contribution in [2.24, 2.45) is 0 Å². The van der Waals surface area contributed by atoms with E-state index in [-0.39, 0.29) is 28.9 Å². The molecular formula is C13H16Cl2N2O4. The van der Waals surface area contributed by atoms with Crippen LogP contribution in [0.25, 0.3) is 0 Å². The smallest absolute Gasteiger partial charge is 0.339 e. The normalized spacial score (nSPS) is 20.5. The van der Waals surface area contributed by atoms with E-state index in [4.69, 9.17) is 11.6 Å². The van der Waals surface area contributed by atoms with Gasteiger partial charge in [-0.1, -0.05) is 11.6 Å². The molecule has 1 aromatic carbocycles. The monoisotopic (exact) mass is 334 g/mol. The lowest BCUT2D eigenvalue weighted by atomic mass is 10.1. The minimum Gasteiger partial charge on any atom is -0.465 e. The number of carbonyl (C=O) groups is 2. The van der Waals surface area contributed by atoms with Crippen LogP contribution in [0.1, 0.15) is 16.8 Å². The second-order valence-corrected chi connectivity index (χ2v) is 4.93. The van der Waals surface area contributed by atoms with Crippen LogP contribution in [0.5, 0.6) is 0 Å². The number of methoxy groups -OCH3 is 1. The Hall–Kier alpha value is -1.34. The number of aliphatic hydroxyl groups is 1. The van der Waals surface area contributed by atoms with Gasteiger partial charge in [0.2, 0.25) is 5.91 Å². The molecular weight excluding hydrogens is 319 g/mol. The number of halogens is 2. The fourth-order valence-electron chi connectivity index (χ4n) is 2.01. The number of hydrogen-bond acceptors (Lipinski definition) is 5. The number of carbonyl (C=O) groups excluding carboxylic acids is 2. The Bertz CT molecular complexity index is 539. The fourth-order valence-corrected chi connectivity index (χ4v) is 2.27. The Morgan fingerprint density at radius 3 is 2.71 bits per heavy atom. The number of benzene rings is 1. The number of anilines is 1. The van der Waals surface area contributed by atoms with Crippen LogP contribution in [0.15, 0.2) is 18.2 Å². The molecule has 8 heteroatoms. The van der Waals surface area contributed by atoms with E-state index in [1.807, 2.05) is 0 Å². The van der Waals surface area contributed by atoms with E-state index >= 15 is 0 Å². The number of β-amino-alcohol motifs (C(OH)–C–C–N with tert-alkyl or cyclic N) is 1. The van der Waals surface area contributed by atoms with Gasteiger partial charge >= 0.3 is 5.97 Å². The number of ether oxygens (including phenoxy) is 1. The van der Waals surface area contributed by atoms with Gasteiger partial charge in [0.15, 0.2) is 0 Å². The molecule has 1 amide bonds. The van der Waals surface area contributed by atoms with E-state index < -0.39 is 18.1 Å². The van der Waals surface area contributed by atoms with Gasteiger partial charge in [-0.15, -0.1) is 12.4 Å². The van der Waals surface area contributed by atoms with E-state index in [9.17, 15) is 14.7 Å². The molecule has 116 valence electrons. The lowest BCUT2D eigenvalue weighted by molar-refractivity contribution is -0.117. The maximum Gasteiger partial charge on any atom is 0.339 e. The predicted molar refractivity (Wildman–Crippen MR) is 81.1 cm³/mol. The lowest BCUT2D eigenvalue weighted by Gasteiger charge is -2.12. The Morgan fingerprint density at radius 2 is 2.19 bits per heavy atom. The van der Waals surface area contributed by atoms with Crippen molar-refractivity contribution in [1.29, 1.82) is 0 Å². The zero-order valence-electron chi connectivity index (χ0n) is 11.3. The molecule has 0 saturated carbocycles. The summed E-state index contributed by atoms with van der Waals surface area (Å²) >= 11 is 5.96. The highest BCUT2D eigenvalue weighted by atomic mass is 35.5. The minimum absolute atomic E-state index is 0. The zero-order valence-corrected chi connectivity index (χ0v) is 12.8. The average Bonchev–Trinajstić information content (AvgIpc) is 2.85. The summed E-state index contributed by atoms with van der Waals surface area (Å²) in [5, 5.41) is 15.2. The molecule has 1 fully saturated rings. The Labute approximate surface area is 133 Å². The number of rotatable bonds is 3. The van der Waals surface area contributed by atoms with Crippen molar-refractivity contribution in [3.8, 4) is 0 Å². The molecule has 3 N–H and O–H groups in total. The van der Waals surface area contributed by atoms with Crippen LogP contribution in [-0.4, -0.2) is 42.8 Å². The molecule has 0 spiro atoms. The summed E-state index contributed by atoms with van der Waals surface area (Å²) in [6.45, 7) is 0.403. The Morgan fingerprint density at radius 1 is 1.48 bits per heavy atom. The average molecular weight is 335 g/mol. The molecule has 1 aliphatic heterocycles. The van der Waals surface area contributed by atoms with Gasteiger partial charge in [-0.3, -0.25) is 4.79 Å². The standard InChI is InChI=1S/C13H15ClN2O4.ClH/c1-20-13(19)9-3-2-7(4-10(9)14)16-12(18)11-5-8(17)6-15-11;/h2-4,8,11,15,17H,5-6H2,1H3,(H,16,18);1H. The third-order valence-electron chi connectivity index (χ3n) is 3.07. The molecule has 2 atom stereocenters. The first-order chi connectivity index (χ1) is 9.51. The summed E-state index contributed by atoms with van der Waals surface area (Å²) in [5.74, 6) is -0.781. The highest BCUT2D eigenvalue weighted by Crippen LogP contribution is 2.22. The van der Waals surface area contributed by atoms with Crippen molar-refractivity contribution in [3.63, 3.8) is 0 Å². The first-order valence-corrected chi connectivity index (χ1v) is 6.49. The number of amides is 1. The van der Waals surface area contributed by atoms with Crippen LogP contribution in [0.4, 0.5) is 5.69 Å². The minimum atomic E-state index is -0.534. The molecule has 0 bridgehead atoms. The van der Waals surface area contributed by atoms with E-state index in [1.54, 1.807) is 6.07 Å². The van der Waals surface area contributed by atoms with Gasteiger partial charge in [-0.05, 0) is 24.6 Å². The third-order valence-corrected chi connectivity index (χ3v) is 3.38. The number of nitrogens with one attached hydrogen (secondary N) is 2. The summed E-state index contributed by atoms with van der Waals surface area (Å²) < 4.78 is 4.58. The first-order valence-electron chi connectivity index (χ1n) is 6.11. The molecule has 0 radical (unpaired) electrons. The highest BCUT2D eigenvalue weighted by molar-refractivity contribution is 6.34. The maximum atomic E-state index is 11.9. The highest BCUT2D eigenvalue weighted by Gasteiger charge is 2.28. The van der Waals surface area contributed by atoms with Crippen molar-refractivity contribution < 1.29 is 19.4 Å². The predicted octanol–water partition coefficient (Wildman–Crippen LogP) is 1.21. The molecule has 6 nitrogen and oxygen atoms in total. The third kappa shape index (κ3) is 4.31. The van der Waals surface area contributed by atoms with Crippen LogP contribution in [0, 0.1) is 0 Å². The van der Waals surface area contributed by atoms with Crippen LogP contribution < -0.4 is 10.6 Å². The van der Waals surface area contributed by atoms with E-state index in [0.29, 0.717) is 18.7 Å². The first kappa shape index (κ1) is 17.7. The molecule has 0 aromatic heterocycles. The van der Waals surface area contributed by atoms with Crippen LogP contribution in [-0.2, 0) is 9.53 Å². The van der Waals surface area contributed by atoms with Crippen molar-refractivity contribution in [1.82, 2.24) is 5.32 Å². The molecule has 1 aliphatic rings. The van der Waals surface area contributed by atoms with Crippen LogP contribution in [0.2, 0.25) is 5.02 Å². The number of esters is 1. The van der Waals surface area contributed by atoms with Crippen LogP contribution >= 0.6 is 24.0 Å². The molecule has 2 rings (SSSR count). The molecule has 1 saturated heterocycles. The summed E-state index contributed by atoms with van der Waals surface area (Å²) in [5.41, 5.74) is 0.720. The van der Waals surface area contributed by atoms with Gasteiger partial charge in [0.05, 0.1) is 29.8 Å². The van der Waals surface area contributed by atoms with Crippen molar-refractivity contribution in [2.75, 3.05) is 19.0 Å². The molecule has 2 unspecified atom stereocenters. The van der Waals surface area contributed by atoms with E-state index in [1.165, 1.54) is 19.2 Å². The van der Waals surface area contributed by atoms with Gasteiger partial charge in [0, 0.05) is 12.2 Å². The van der Waals surface area contributed by atoms with Gasteiger partial charge < -0.3 is 20.5 Å². The second-order valence-electron chi connectivity index (χ2n) is 4.53. The summed E-state index contributed by atoms with van der Waals surface area (Å²) in [7, 11) is 1.27. The van der Waals surface area contributed by atoms with Crippen molar-refractivity contribution in [3.05, 3.63) is 28.8 Å². The summed E-state index contributed by atoms with van der Waals surface area (Å²) in [6.07, 6.45) is -0.129. The van der Waals surface area contributed by atoms with Crippen molar-refractivity contribution in [2.45, 2.75) is 18.6 Å². The number of aliphatic hydroxyl groups excluding tert-OH is 1. The van der Waals surface area contributed by atoms with Crippen molar-refractivity contribution >= 4 is 41.6 Å². The van der Waals surface area contributed by atoms with Gasteiger partial charge in [0.25, 0.3) is 0 Å². The molecule has 1 aromatic rings. The molecule has 0 aliphatic carbocycles. The van der Waals surface area contributed by atoms with E-state index in [0.717, 1.165) is 0 Å². The Balaban J connectivity index is 0.00000220. The quantitative estimate of drug-likeness (QED) is 0.723. The zero-order chi connectivity index (χ0) is 14.7. The molecule has 1 heterocycles. The summed E-state index contributed by atoms with van der Waals surface area (Å²) in [4.78, 5) is 23.3. The summed E-state index contributed by atoms with van der Waals surface area (Å²) in [6, 6.07) is 4.11.